The highest BCUT2D eigenvalue weighted by atomic mass is 32.2. The van der Waals surface area contributed by atoms with Crippen molar-refractivity contribution in [1.29, 1.82) is 0 Å². The standard InChI is InChI=1S/C23H22N2O5S/c1-29-20-11-10-17(13-21(20)30-2)14-22(31(27,28)19-8-4-3-5-9-19)23(26)25-16-18-7-6-12-24-15-18/h3-15H,16H2,1-2H3,(H,25,26). The van der Waals surface area contributed by atoms with Gasteiger partial charge in [-0.15, -0.1) is 0 Å². The van der Waals surface area contributed by atoms with Crippen LogP contribution in [-0.4, -0.2) is 33.5 Å². The second kappa shape index (κ2) is 9.90. The SMILES string of the molecule is COc1ccc(C=C(C(=O)NCc2cccnc2)S(=O)(=O)c2ccccc2)cc1OC. The fourth-order valence-electron chi connectivity index (χ4n) is 2.86. The number of ether oxygens (including phenoxy) is 2. The first-order chi connectivity index (χ1) is 15.0. The van der Waals surface area contributed by atoms with Crippen LogP contribution < -0.4 is 14.8 Å². The van der Waals surface area contributed by atoms with Crippen LogP contribution in [0.2, 0.25) is 0 Å². The summed E-state index contributed by atoms with van der Waals surface area (Å²) in [6.45, 7) is 0.139. The molecule has 1 N–H and O–H groups in total. The molecule has 0 aliphatic carbocycles. The molecule has 3 aromatic rings. The van der Waals surface area contributed by atoms with Crippen LogP contribution in [0.3, 0.4) is 0 Å². The van der Waals surface area contributed by atoms with Gasteiger partial charge in [0.05, 0.1) is 19.1 Å². The molecule has 8 heteroatoms. The van der Waals surface area contributed by atoms with Crippen LogP contribution in [0.5, 0.6) is 11.5 Å². The van der Waals surface area contributed by atoms with E-state index in [-0.39, 0.29) is 16.3 Å². The van der Waals surface area contributed by atoms with Crippen molar-refractivity contribution in [2.45, 2.75) is 11.4 Å². The summed E-state index contributed by atoms with van der Waals surface area (Å²) in [7, 11) is -1.09. The third-order valence-electron chi connectivity index (χ3n) is 4.45. The number of sulfone groups is 1. The molecule has 0 bridgehead atoms. The fourth-order valence-corrected chi connectivity index (χ4v) is 4.23. The Bertz CT molecular complexity index is 1180. The molecule has 0 saturated heterocycles. The summed E-state index contributed by atoms with van der Waals surface area (Å²) in [5.74, 6) is 0.194. The van der Waals surface area contributed by atoms with Crippen LogP contribution in [0.1, 0.15) is 11.1 Å². The monoisotopic (exact) mass is 438 g/mol. The molecule has 31 heavy (non-hydrogen) atoms. The average Bonchev–Trinajstić information content (AvgIpc) is 2.82. The van der Waals surface area contributed by atoms with E-state index in [0.717, 1.165) is 5.56 Å². The number of aromatic nitrogens is 1. The predicted octanol–water partition coefficient (Wildman–Crippen LogP) is 3.23. The van der Waals surface area contributed by atoms with E-state index in [1.165, 1.54) is 32.4 Å². The zero-order valence-corrected chi connectivity index (χ0v) is 17.9. The highest BCUT2D eigenvalue weighted by Gasteiger charge is 2.27. The van der Waals surface area contributed by atoms with Gasteiger partial charge >= 0.3 is 0 Å². The maximum Gasteiger partial charge on any atom is 0.263 e. The number of benzene rings is 2. The smallest absolute Gasteiger partial charge is 0.263 e. The topological polar surface area (TPSA) is 94.6 Å². The van der Waals surface area contributed by atoms with E-state index in [2.05, 4.69) is 10.3 Å². The van der Waals surface area contributed by atoms with Gasteiger partial charge in [0, 0.05) is 18.9 Å². The van der Waals surface area contributed by atoms with E-state index in [9.17, 15) is 13.2 Å². The summed E-state index contributed by atoms with van der Waals surface area (Å²) in [4.78, 5) is 16.6. The molecule has 0 aliphatic rings. The summed E-state index contributed by atoms with van der Waals surface area (Å²) in [5, 5.41) is 2.66. The molecule has 1 heterocycles. The van der Waals surface area contributed by atoms with Crippen molar-refractivity contribution in [2.24, 2.45) is 0 Å². The lowest BCUT2D eigenvalue weighted by atomic mass is 10.2. The molecule has 7 nitrogen and oxygen atoms in total. The number of nitrogens with one attached hydrogen (secondary N) is 1. The van der Waals surface area contributed by atoms with Gasteiger partial charge in [0.25, 0.3) is 5.91 Å². The lowest BCUT2D eigenvalue weighted by Gasteiger charge is -2.12. The van der Waals surface area contributed by atoms with Crippen LogP contribution in [-0.2, 0) is 21.2 Å². The molecule has 0 fully saturated rings. The molecule has 0 radical (unpaired) electrons. The van der Waals surface area contributed by atoms with E-state index in [0.29, 0.717) is 17.1 Å². The van der Waals surface area contributed by atoms with E-state index >= 15 is 0 Å². The molecule has 2 aromatic carbocycles. The number of hydrogen-bond donors (Lipinski definition) is 1. The van der Waals surface area contributed by atoms with E-state index in [1.807, 2.05) is 0 Å². The molecular weight excluding hydrogens is 416 g/mol. The highest BCUT2D eigenvalue weighted by Crippen LogP contribution is 2.30. The Morgan fingerprint density at radius 3 is 2.39 bits per heavy atom. The number of pyridine rings is 1. The Kier molecular flexibility index (Phi) is 7.04. The normalized spacial score (nSPS) is 11.6. The second-order valence-corrected chi connectivity index (χ2v) is 8.40. The van der Waals surface area contributed by atoms with Crippen LogP contribution in [0, 0.1) is 0 Å². The molecular formula is C23H22N2O5S. The zero-order chi connectivity index (χ0) is 22.3. The molecule has 1 aromatic heterocycles. The predicted molar refractivity (Wildman–Crippen MR) is 117 cm³/mol. The number of hydrogen-bond acceptors (Lipinski definition) is 6. The van der Waals surface area contributed by atoms with Crippen LogP contribution in [0.4, 0.5) is 0 Å². The Balaban J connectivity index is 2.02. The van der Waals surface area contributed by atoms with Crippen molar-refractivity contribution >= 4 is 21.8 Å². The Hall–Kier alpha value is -3.65. The van der Waals surface area contributed by atoms with Crippen LogP contribution in [0.15, 0.2) is 82.9 Å². The number of carbonyl (C=O) groups is 1. The number of methoxy groups -OCH3 is 2. The maximum absolute atomic E-state index is 13.3. The minimum atomic E-state index is -4.08. The van der Waals surface area contributed by atoms with Gasteiger partial charge in [0.2, 0.25) is 9.84 Å². The van der Waals surface area contributed by atoms with Crippen LogP contribution in [0.25, 0.3) is 6.08 Å². The zero-order valence-electron chi connectivity index (χ0n) is 17.1. The van der Waals surface area contributed by atoms with Gasteiger partial charge in [-0.1, -0.05) is 30.3 Å². The van der Waals surface area contributed by atoms with E-state index in [4.69, 9.17) is 9.47 Å². The van der Waals surface area contributed by atoms with Crippen molar-refractivity contribution in [3.05, 3.63) is 89.1 Å². The van der Waals surface area contributed by atoms with Gasteiger partial charge in [0.1, 0.15) is 4.91 Å². The first-order valence-electron chi connectivity index (χ1n) is 9.36. The number of carbonyl (C=O) groups excluding carboxylic acids is 1. The first kappa shape index (κ1) is 22.0. The average molecular weight is 439 g/mol. The first-order valence-corrected chi connectivity index (χ1v) is 10.8. The van der Waals surface area contributed by atoms with E-state index < -0.39 is 15.7 Å². The van der Waals surface area contributed by atoms with Crippen LogP contribution >= 0.6 is 0 Å². The van der Waals surface area contributed by atoms with Crippen molar-refractivity contribution in [1.82, 2.24) is 10.3 Å². The fraction of sp³-hybridized carbons (Fsp3) is 0.130. The number of amides is 1. The van der Waals surface area contributed by atoms with Gasteiger partial charge in [0.15, 0.2) is 11.5 Å². The lowest BCUT2D eigenvalue weighted by molar-refractivity contribution is -0.116. The summed E-state index contributed by atoms with van der Waals surface area (Å²) in [6.07, 6.45) is 4.54. The summed E-state index contributed by atoms with van der Waals surface area (Å²) < 4.78 is 37.0. The lowest BCUT2D eigenvalue weighted by Crippen LogP contribution is -2.28. The summed E-state index contributed by atoms with van der Waals surface area (Å²) in [5.41, 5.74) is 1.22. The Morgan fingerprint density at radius 2 is 1.74 bits per heavy atom. The largest absolute Gasteiger partial charge is 0.493 e. The maximum atomic E-state index is 13.3. The van der Waals surface area contributed by atoms with Gasteiger partial charge < -0.3 is 14.8 Å². The third-order valence-corrected chi connectivity index (χ3v) is 6.22. The second-order valence-electron chi connectivity index (χ2n) is 6.48. The minimum Gasteiger partial charge on any atom is -0.493 e. The van der Waals surface area contributed by atoms with Gasteiger partial charge in [-0.3, -0.25) is 9.78 Å². The molecule has 3 rings (SSSR count). The van der Waals surface area contributed by atoms with Crippen molar-refractivity contribution in [3.63, 3.8) is 0 Å². The molecule has 0 unspecified atom stereocenters. The quantitative estimate of drug-likeness (QED) is 0.543. The van der Waals surface area contributed by atoms with E-state index in [1.54, 1.807) is 60.9 Å². The van der Waals surface area contributed by atoms with Crippen molar-refractivity contribution < 1.29 is 22.7 Å². The Morgan fingerprint density at radius 1 is 1.00 bits per heavy atom. The van der Waals surface area contributed by atoms with Gasteiger partial charge in [-0.2, -0.15) is 0 Å². The number of rotatable bonds is 8. The Labute approximate surface area is 181 Å². The molecule has 0 atom stereocenters. The molecule has 0 aliphatic heterocycles. The molecule has 1 amide bonds. The highest BCUT2D eigenvalue weighted by molar-refractivity contribution is 7.96. The molecule has 0 spiro atoms. The molecule has 160 valence electrons. The van der Waals surface area contributed by atoms with Gasteiger partial charge in [-0.25, -0.2) is 8.42 Å². The summed E-state index contributed by atoms with van der Waals surface area (Å²) >= 11 is 0. The third kappa shape index (κ3) is 5.29. The minimum absolute atomic E-state index is 0.0262. The molecule has 0 saturated carbocycles. The van der Waals surface area contributed by atoms with Crippen molar-refractivity contribution in [3.8, 4) is 11.5 Å². The van der Waals surface area contributed by atoms with Crippen molar-refractivity contribution in [2.75, 3.05) is 14.2 Å². The van der Waals surface area contributed by atoms with Gasteiger partial charge in [-0.05, 0) is 47.5 Å². The summed E-state index contributed by atoms with van der Waals surface area (Å²) in [6, 6.07) is 16.2. The number of nitrogens with zero attached hydrogens (tertiary/aromatic N) is 1.